The van der Waals surface area contributed by atoms with Crippen LogP contribution >= 0.6 is 0 Å². The quantitative estimate of drug-likeness (QED) is 0.553. The van der Waals surface area contributed by atoms with E-state index in [1.165, 1.54) is 0 Å². The molecule has 0 spiro atoms. The van der Waals surface area contributed by atoms with E-state index in [2.05, 4.69) is 34.8 Å². The topological polar surface area (TPSA) is 69.8 Å². The number of anilines is 1. The number of carbonyl (C=O) groups excluding carboxylic acids is 1. The Morgan fingerprint density at radius 3 is 2.96 bits per heavy atom. The number of pyridine rings is 1. The largest absolute Gasteiger partial charge is 0.366 e. The number of para-hydroxylation sites is 1. The first-order chi connectivity index (χ1) is 13.6. The van der Waals surface area contributed by atoms with Crippen LogP contribution in [0.2, 0.25) is 0 Å². The first-order valence-electron chi connectivity index (χ1n) is 9.47. The predicted octanol–water partition coefficient (Wildman–Crippen LogP) is 4.62. The second-order valence-electron chi connectivity index (χ2n) is 7.33. The number of nitrogens with one attached hydrogen (secondary N) is 3. The Labute approximate surface area is 164 Å². The van der Waals surface area contributed by atoms with Gasteiger partial charge >= 0.3 is 0 Å². The summed E-state index contributed by atoms with van der Waals surface area (Å²) in [5.41, 5.74) is 5.52. The van der Waals surface area contributed by atoms with Crippen molar-refractivity contribution in [1.82, 2.24) is 15.3 Å². The monoisotopic (exact) mass is 372 g/mol. The second-order valence-corrected chi connectivity index (χ2v) is 7.33. The zero-order chi connectivity index (χ0) is 19.7. The molecule has 5 nitrogen and oxygen atoms in total. The lowest BCUT2D eigenvalue weighted by atomic mass is 9.94. The third-order valence-corrected chi connectivity index (χ3v) is 5.04. The van der Waals surface area contributed by atoms with E-state index in [-0.39, 0.29) is 11.8 Å². The number of benzene rings is 1. The summed E-state index contributed by atoms with van der Waals surface area (Å²) in [4.78, 5) is 20.7. The number of allylic oxidation sites excluding steroid dienone is 1. The number of hydrogen-bond acceptors (Lipinski definition) is 3. The number of aromatic nitrogens is 2. The van der Waals surface area contributed by atoms with Gasteiger partial charge in [0.05, 0.1) is 11.1 Å². The van der Waals surface area contributed by atoms with Crippen LogP contribution in [-0.4, -0.2) is 29.0 Å². The van der Waals surface area contributed by atoms with Gasteiger partial charge in [-0.1, -0.05) is 36.4 Å². The van der Waals surface area contributed by atoms with Crippen LogP contribution in [0.15, 0.2) is 61.2 Å². The van der Waals surface area contributed by atoms with Gasteiger partial charge in [-0.25, -0.2) is 4.98 Å². The van der Waals surface area contributed by atoms with E-state index in [9.17, 15) is 4.79 Å². The zero-order valence-electron chi connectivity index (χ0n) is 16.0. The lowest BCUT2D eigenvalue weighted by Gasteiger charge is -2.21. The van der Waals surface area contributed by atoms with Crippen molar-refractivity contribution in [3.63, 3.8) is 0 Å². The number of aromatic amines is 1. The molecule has 142 valence electrons. The van der Waals surface area contributed by atoms with Crippen LogP contribution in [0.3, 0.4) is 0 Å². The van der Waals surface area contributed by atoms with Crippen molar-refractivity contribution in [2.75, 3.05) is 18.4 Å². The summed E-state index contributed by atoms with van der Waals surface area (Å²) >= 11 is 0. The van der Waals surface area contributed by atoms with Gasteiger partial charge in [-0.15, -0.1) is 6.58 Å². The van der Waals surface area contributed by atoms with Gasteiger partial charge in [-0.05, 0) is 31.5 Å². The number of rotatable bonds is 6. The number of amides is 1. The van der Waals surface area contributed by atoms with E-state index in [0.29, 0.717) is 18.7 Å². The SMILES string of the molecule is C=CCC1CNC(=O)c2cc(-c3cccc4ccc(NCC(=C)C)nc34)[nH]c21. The molecular weight excluding hydrogens is 348 g/mol. The summed E-state index contributed by atoms with van der Waals surface area (Å²) in [6.07, 6.45) is 2.71. The summed E-state index contributed by atoms with van der Waals surface area (Å²) in [7, 11) is 0. The average Bonchev–Trinajstić information content (AvgIpc) is 3.14. The van der Waals surface area contributed by atoms with Gasteiger partial charge in [0, 0.05) is 41.3 Å². The Morgan fingerprint density at radius 2 is 2.18 bits per heavy atom. The van der Waals surface area contributed by atoms with Crippen molar-refractivity contribution >= 4 is 22.6 Å². The normalized spacial score (nSPS) is 15.8. The van der Waals surface area contributed by atoms with E-state index < -0.39 is 0 Å². The summed E-state index contributed by atoms with van der Waals surface area (Å²) < 4.78 is 0. The molecule has 0 bridgehead atoms. The van der Waals surface area contributed by atoms with Crippen molar-refractivity contribution in [2.45, 2.75) is 19.3 Å². The number of nitrogens with zero attached hydrogens (tertiary/aromatic N) is 1. The molecular formula is C23H24N4O. The molecule has 1 atom stereocenters. The Hall–Kier alpha value is -3.34. The smallest absolute Gasteiger partial charge is 0.253 e. The van der Waals surface area contributed by atoms with Crippen molar-refractivity contribution in [2.24, 2.45) is 0 Å². The maximum atomic E-state index is 12.4. The molecule has 3 aromatic rings. The highest BCUT2D eigenvalue weighted by Gasteiger charge is 2.27. The van der Waals surface area contributed by atoms with E-state index in [1.807, 2.05) is 43.3 Å². The molecule has 1 amide bonds. The number of fused-ring (bicyclic) bond motifs is 2. The molecule has 5 heteroatoms. The average molecular weight is 372 g/mol. The lowest BCUT2D eigenvalue weighted by Crippen LogP contribution is -2.34. The summed E-state index contributed by atoms with van der Waals surface area (Å²) in [5.74, 6) is 0.992. The number of hydrogen-bond donors (Lipinski definition) is 3. The van der Waals surface area contributed by atoms with Gasteiger partial charge in [0.1, 0.15) is 5.82 Å². The minimum absolute atomic E-state index is 0.0326. The Morgan fingerprint density at radius 1 is 1.32 bits per heavy atom. The fourth-order valence-corrected chi connectivity index (χ4v) is 3.65. The van der Waals surface area contributed by atoms with E-state index in [0.717, 1.165) is 45.7 Å². The van der Waals surface area contributed by atoms with Crippen LogP contribution in [0.1, 0.15) is 35.3 Å². The van der Waals surface area contributed by atoms with Crippen LogP contribution in [-0.2, 0) is 0 Å². The highest BCUT2D eigenvalue weighted by Crippen LogP contribution is 2.34. The standard InChI is InChI=1S/C23H24N4O/c1-4-6-16-13-25-23(28)18-11-19(26-22(16)18)17-8-5-7-15-9-10-20(27-21(15)17)24-12-14(2)3/h4-5,7-11,16,26H,1-2,6,12-13H2,3H3,(H,24,27)(H,25,28). The zero-order valence-corrected chi connectivity index (χ0v) is 16.0. The van der Waals surface area contributed by atoms with Crippen LogP contribution in [0.4, 0.5) is 5.82 Å². The van der Waals surface area contributed by atoms with Crippen LogP contribution in [0.25, 0.3) is 22.2 Å². The molecule has 0 saturated carbocycles. The highest BCUT2D eigenvalue weighted by molar-refractivity contribution is 6.00. The minimum atomic E-state index is -0.0326. The maximum Gasteiger partial charge on any atom is 0.253 e. The van der Waals surface area contributed by atoms with E-state index >= 15 is 0 Å². The molecule has 0 fully saturated rings. The maximum absolute atomic E-state index is 12.4. The molecule has 1 aliphatic rings. The molecule has 0 radical (unpaired) electrons. The Kier molecular flexibility index (Phi) is 4.74. The first kappa shape index (κ1) is 18.0. The summed E-state index contributed by atoms with van der Waals surface area (Å²) in [6, 6.07) is 12.1. The third-order valence-electron chi connectivity index (χ3n) is 5.04. The van der Waals surface area contributed by atoms with Crippen LogP contribution < -0.4 is 10.6 Å². The summed E-state index contributed by atoms with van der Waals surface area (Å²) in [5, 5.41) is 7.32. The fraction of sp³-hybridized carbons (Fsp3) is 0.217. The molecule has 0 aliphatic carbocycles. The first-order valence-corrected chi connectivity index (χ1v) is 9.47. The van der Waals surface area contributed by atoms with E-state index in [4.69, 9.17) is 4.98 Å². The van der Waals surface area contributed by atoms with Crippen LogP contribution in [0, 0.1) is 0 Å². The molecule has 1 aromatic carbocycles. The molecule has 0 saturated heterocycles. The molecule has 28 heavy (non-hydrogen) atoms. The highest BCUT2D eigenvalue weighted by atomic mass is 16.1. The fourth-order valence-electron chi connectivity index (χ4n) is 3.65. The lowest BCUT2D eigenvalue weighted by molar-refractivity contribution is 0.0940. The molecule has 3 heterocycles. The second kappa shape index (κ2) is 7.35. The van der Waals surface area contributed by atoms with Crippen molar-refractivity contribution in [3.05, 3.63) is 72.5 Å². The Bertz CT molecular complexity index is 1080. The van der Waals surface area contributed by atoms with Gasteiger partial charge in [0.2, 0.25) is 0 Å². The number of H-pyrrole nitrogens is 1. The van der Waals surface area contributed by atoms with E-state index in [1.54, 1.807) is 0 Å². The molecule has 4 rings (SSSR count). The Balaban J connectivity index is 1.79. The van der Waals surface area contributed by atoms with Gasteiger partial charge in [-0.2, -0.15) is 0 Å². The van der Waals surface area contributed by atoms with Gasteiger partial charge in [0.25, 0.3) is 5.91 Å². The van der Waals surface area contributed by atoms with Gasteiger partial charge in [-0.3, -0.25) is 4.79 Å². The minimum Gasteiger partial charge on any atom is -0.366 e. The van der Waals surface area contributed by atoms with Crippen molar-refractivity contribution < 1.29 is 4.79 Å². The predicted molar refractivity (Wildman–Crippen MR) is 115 cm³/mol. The molecule has 1 unspecified atom stereocenters. The molecule has 3 N–H and O–H groups in total. The number of carbonyl (C=O) groups is 1. The van der Waals surface area contributed by atoms with Crippen molar-refractivity contribution in [3.8, 4) is 11.3 Å². The van der Waals surface area contributed by atoms with Gasteiger partial charge in [0.15, 0.2) is 0 Å². The summed E-state index contributed by atoms with van der Waals surface area (Å²) in [6.45, 7) is 11.1. The third kappa shape index (κ3) is 3.31. The molecule has 2 aromatic heterocycles. The van der Waals surface area contributed by atoms with Gasteiger partial charge < -0.3 is 15.6 Å². The van der Waals surface area contributed by atoms with Crippen molar-refractivity contribution in [1.29, 1.82) is 0 Å². The van der Waals surface area contributed by atoms with Crippen LogP contribution in [0.5, 0.6) is 0 Å². The molecule has 1 aliphatic heterocycles.